The number of carbonyl (C=O) groups is 1. The molecule has 0 spiro atoms. The molecule has 0 atom stereocenters. The van der Waals surface area contributed by atoms with Crippen LogP contribution in [0.5, 0.6) is 0 Å². The SMILES string of the molecule is CCCN(C(=O)C(C)(C)C(N)=NO)C1CC1. The maximum atomic E-state index is 12.3. The van der Waals surface area contributed by atoms with E-state index in [2.05, 4.69) is 5.16 Å². The van der Waals surface area contributed by atoms with Crippen molar-refractivity contribution < 1.29 is 10.0 Å². The zero-order valence-electron chi connectivity index (χ0n) is 10.2. The molecular weight excluding hydrogens is 206 g/mol. The summed E-state index contributed by atoms with van der Waals surface area (Å²) < 4.78 is 0. The quantitative estimate of drug-likeness (QED) is 0.320. The van der Waals surface area contributed by atoms with Crippen LogP contribution in [0.25, 0.3) is 0 Å². The number of rotatable bonds is 5. The first kappa shape index (κ1) is 12.8. The molecule has 0 aliphatic heterocycles. The van der Waals surface area contributed by atoms with Crippen molar-refractivity contribution in [2.24, 2.45) is 16.3 Å². The molecular formula is C11H21N3O2. The molecule has 1 amide bonds. The lowest BCUT2D eigenvalue weighted by atomic mass is 9.90. The molecule has 1 fully saturated rings. The number of hydrogen-bond donors (Lipinski definition) is 2. The van der Waals surface area contributed by atoms with Crippen LogP contribution in [0.3, 0.4) is 0 Å². The van der Waals surface area contributed by atoms with Gasteiger partial charge in [0.15, 0.2) is 5.84 Å². The minimum atomic E-state index is -0.924. The fraction of sp³-hybridized carbons (Fsp3) is 0.818. The standard InChI is InChI=1S/C11H21N3O2/c1-4-7-14(8-5-6-8)10(15)11(2,3)9(12)13-16/h8,16H,4-7H2,1-3H3,(H2,12,13). The Balaban J connectivity index is 2.80. The molecule has 0 saturated heterocycles. The Morgan fingerprint density at radius 1 is 1.56 bits per heavy atom. The molecule has 0 aromatic rings. The summed E-state index contributed by atoms with van der Waals surface area (Å²) in [5.74, 6) is -0.0774. The van der Waals surface area contributed by atoms with Gasteiger partial charge in [-0.3, -0.25) is 4.79 Å². The number of oxime groups is 1. The van der Waals surface area contributed by atoms with E-state index in [0.717, 1.165) is 25.8 Å². The molecule has 0 heterocycles. The van der Waals surface area contributed by atoms with Crippen LogP contribution in [0.1, 0.15) is 40.0 Å². The van der Waals surface area contributed by atoms with E-state index < -0.39 is 5.41 Å². The average molecular weight is 227 g/mol. The third-order valence-electron chi connectivity index (χ3n) is 3.00. The second kappa shape index (κ2) is 4.72. The van der Waals surface area contributed by atoms with Gasteiger partial charge >= 0.3 is 0 Å². The fourth-order valence-electron chi connectivity index (χ4n) is 1.67. The van der Waals surface area contributed by atoms with Gasteiger partial charge in [-0.1, -0.05) is 12.1 Å². The first-order valence-corrected chi connectivity index (χ1v) is 5.74. The Kier molecular flexibility index (Phi) is 3.78. The second-order valence-electron chi connectivity index (χ2n) is 4.84. The van der Waals surface area contributed by atoms with Crippen molar-refractivity contribution in [3.63, 3.8) is 0 Å². The van der Waals surface area contributed by atoms with Crippen molar-refractivity contribution in [3.8, 4) is 0 Å². The van der Waals surface area contributed by atoms with Crippen molar-refractivity contribution in [1.82, 2.24) is 4.90 Å². The maximum absolute atomic E-state index is 12.3. The highest BCUT2D eigenvalue weighted by atomic mass is 16.4. The van der Waals surface area contributed by atoms with Crippen LogP contribution in [-0.2, 0) is 4.79 Å². The highest BCUT2D eigenvalue weighted by molar-refractivity contribution is 6.06. The van der Waals surface area contributed by atoms with Crippen molar-refractivity contribution in [2.75, 3.05) is 6.54 Å². The molecule has 5 nitrogen and oxygen atoms in total. The zero-order chi connectivity index (χ0) is 12.3. The van der Waals surface area contributed by atoms with Gasteiger partial charge in [0.2, 0.25) is 5.91 Å². The largest absolute Gasteiger partial charge is 0.409 e. The number of amidine groups is 1. The lowest BCUT2D eigenvalue weighted by Gasteiger charge is -2.31. The fourth-order valence-corrected chi connectivity index (χ4v) is 1.67. The zero-order valence-corrected chi connectivity index (χ0v) is 10.2. The van der Waals surface area contributed by atoms with Crippen LogP contribution in [0.2, 0.25) is 0 Å². The number of amides is 1. The molecule has 1 rings (SSSR count). The Hall–Kier alpha value is -1.26. The topological polar surface area (TPSA) is 78.9 Å². The Labute approximate surface area is 96.3 Å². The third-order valence-corrected chi connectivity index (χ3v) is 3.00. The number of hydrogen-bond acceptors (Lipinski definition) is 3. The minimum Gasteiger partial charge on any atom is -0.409 e. The van der Waals surface area contributed by atoms with E-state index in [1.54, 1.807) is 13.8 Å². The lowest BCUT2D eigenvalue weighted by molar-refractivity contribution is -0.137. The molecule has 16 heavy (non-hydrogen) atoms. The van der Waals surface area contributed by atoms with Crippen LogP contribution < -0.4 is 5.73 Å². The van der Waals surface area contributed by atoms with Gasteiger partial charge in [-0.05, 0) is 33.1 Å². The molecule has 92 valence electrons. The monoisotopic (exact) mass is 227 g/mol. The predicted molar refractivity (Wildman–Crippen MR) is 62.2 cm³/mol. The molecule has 1 saturated carbocycles. The van der Waals surface area contributed by atoms with E-state index in [1.807, 2.05) is 11.8 Å². The van der Waals surface area contributed by atoms with Crippen molar-refractivity contribution >= 4 is 11.7 Å². The van der Waals surface area contributed by atoms with Gasteiger partial charge in [0.25, 0.3) is 0 Å². The molecule has 0 radical (unpaired) electrons. The minimum absolute atomic E-state index is 0.0285. The lowest BCUT2D eigenvalue weighted by Crippen LogP contribution is -2.49. The molecule has 1 aliphatic carbocycles. The van der Waals surface area contributed by atoms with Gasteiger partial charge in [0, 0.05) is 12.6 Å². The van der Waals surface area contributed by atoms with E-state index in [-0.39, 0.29) is 11.7 Å². The second-order valence-corrected chi connectivity index (χ2v) is 4.84. The molecule has 0 bridgehead atoms. The van der Waals surface area contributed by atoms with Gasteiger partial charge in [-0.15, -0.1) is 0 Å². The Bertz CT molecular complexity index is 296. The summed E-state index contributed by atoms with van der Waals surface area (Å²) in [7, 11) is 0. The van der Waals surface area contributed by atoms with Gasteiger partial charge in [-0.2, -0.15) is 0 Å². The first-order valence-electron chi connectivity index (χ1n) is 5.74. The summed E-state index contributed by atoms with van der Waals surface area (Å²) >= 11 is 0. The number of nitrogens with two attached hydrogens (primary N) is 1. The number of carbonyl (C=O) groups excluding carboxylic acids is 1. The van der Waals surface area contributed by atoms with Gasteiger partial charge in [0.1, 0.15) is 5.41 Å². The Morgan fingerprint density at radius 2 is 2.12 bits per heavy atom. The van der Waals surface area contributed by atoms with Crippen molar-refractivity contribution in [3.05, 3.63) is 0 Å². The Morgan fingerprint density at radius 3 is 2.50 bits per heavy atom. The molecule has 0 aromatic carbocycles. The summed E-state index contributed by atoms with van der Waals surface area (Å²) in [5, 5.41) is 11.6. The maximum Gasteiger partial charge on any atom is 0.236 e. The molecule has 0 unspecified atom stereocenters. The summed E-state index contributed by atoms with van der Waals surface area (Å²) in [5.41, 5.74) is 4.63. The molecule has 0 aromatic heterocycles. The van der Waals surface area contributed by atoms with E-state index >= 15 is 0 Å². The van der Waals surface area contributed by atoms with Gasteiger partial charge in [-0.25, -0.2) is 0 Å². The predicted octanol–water partition coefficient (Wildman–Crippen LogP) is 1.16. The van der Waals surface area contributed by atoms with E-state index in [4.69, 9.17) is 10.9 Å². The average Bonchev–Trinajstić information content (AvgIpc) is 3.07. The van der Waals surface area contributed by atoms with Crippen molar-refractivity contribution in [1.29, 1.82) is 0 Å². The van der Waals surface area contributed by atoms with Crippen molar-refractivity contribution in [2.45, 2.75) is 46.1 Å². The van der Waals surface area contributed by atoms with E-state index in [9.17, 15) is 4.79 Å². The summed E-state index contributed by atoms with van der Waals surface area (Å²) in [4.78, 5) is 14.1. The van der Waals surface area contributed by atoms with Crippen LogP contribution in [0.4, 0.5) is 0 Å². The summed E-state index contributed by atoms with van der Waals surface area (Å²) in [6.07, 6.45) is 3.06. The highest BCUT2D eigenvalue weighted by Gasteiger charge is 2.41. The van der Waals surface area contributed by atoms with Crippen LogP contribution >= 0.6 is 0 Å². The summed E-state index contributed by atoms with van der Waals surface area (Å²) in [6.45, 7) is 6.16. The third kappa shape index (κ3) is 2.46. The molecule has 1 aliphatic rings. The molecule has 5 heteroatoms. The smallest absolute Gasteiger partial charge is 0.236 e. The van der Waals surface area contributed by atoms with Gasteiger partial charge in [0.05, 0.1) is 0 Å². The van der Waals surface area contributed by atoms with Crippen LogP contribution in [-0.4, -0.2) is 34.4 Å². The van der Waals surface area contributed by atoms with E-state index in [0.29, 0.717) is 6.04 Å². The van der Waals surface area contributed by atoms with Crippen LogP contribution in [0, 0.1) is 5.41 Å². The normalized spacial score (nSPS) is 17.3. The van der Waals surface area contributed by atoms with Crippen LogP contribution in [0.15, 0.2) is 5.16 Å². The van der Waals surface area contributed by atoms with E-state index in [1.165, 1.54) is 0 Å². The highest BCUT2D eigenvalue weighted by Crippen LogP contribution is 2.31. The molecule has 3 N–H and O–H groups in total. The van der Waals surface area contributed by atoms with Gasteiger partial charge < -0.3 is 15.8 Å². The number of nitrogens with zero attached hydrogens (tertiary/aromatic N) is 2. The first-order chi connectivity index (χ1) is 7.45. The summed E-state index contributed by atoms with van der Waals surface area (Å²) in [6, 6.07) is 0.359.